The smallest absolute Gasteiger partial charge is 0.140 e. The number of benzene rings is 2. The Kier molecular flexibility index (Phi) is 3.54. The van der Waals surface area contributed by atoms with E-state index in [1.54, 1.807) is 12.1 Å². The van der Waals surface area contributed by atoms with Crippen LogP contribution in [-0.2, 0) is 0 Å². The summed E-state index contributed by atoms with van der Waals surface area (Å²) in [6.45, 7) is 0. The van der Waals surface area contributed by atoms with Gasteiger partial charge in [-0.3, -0.25) is 0 Å². The summed E-state index contributed by atoms with van der Waals surface area (Å²) in [5, 5.41) is 12.0. The van der Waals surface area contributed by atoms with Crippen molar-refractivity contribution in [2.24, 2.45) is 0 Å². The predicted octanol–water partition coefficient (Wildman–Crippen LogP) is 3.64. The minimum absolute atomic E-state index is 0.263. The number of para-hydroxylation sites is 1. The molecule has 0 aliphatic carbocycles. The van der Waals surface area contributed by atoms with Gasteiger partial charge in [0.05, 0.1) is 6.07 Å². The number of nitrogens with zero attached hydrogens (tertiary/aromatic N) is 1. The van der Waals surface area contributed by atoms with Crippen molar-refractivity contribution in [3.63, 3.8) is 0 Å². The van der Waals surface area contributed by atoms with E-state index in [1.165, 1.54) is 0 Å². The van der Waals surface area contributed by atoms with Crippen LogP contribution >= 0.6 is 0 Å². The Balaban J connectivity index is 2.26. The molecule has 0 bridgehead atoms. The Morgan fingerprint density at radius 3 is 2.17 bits per heavy atom. The molecule has 18 heavy (non-hydrogen) atoms. The summed E-state index contributed by atoms with van der Waals surface area (Å²) >= 11 is 0. The third-order valence-electron chi connectivity index (χ3n) is 2.43. The van der Waals surface area contributed by atoms with Gasteiger partial charge in [-0.1, -0.05) is 18.2 Å². The molecule has 0 fully saturated rings. The molecule has 1 atom stereocenters. The topological polar surface area (TPSA) is 35.8 Å². The summed E-state index contributed by atoms with van der Waals surface area (Å²) in [6, 6.07) is 13.3. The van der Waals surface area contributed by atoms with Gasteiger partial charge in [0.15, 0.2) is 0 Å². The molecule has 90 valence electrons. The molecule has 0 aliphatic heterocycles. The number of hydrogen-bond donors (Lipinski definition) is 1. The molecule has 2 rings (SSSR count). The number of rotatable bonds is 3. The van der Waals surface area contributed by atoms with Crippen LogP contribution in [-0.4, -0.2) is 0 Å². The van der Waals surface area contributed by atoms with Crippen LogP contribution in [0.2, 0.25) is 0 Å². The lowest BCUT2D eigenvalue weighted by Gasteiger charge is -2.13. The largest absolute Gasteiger partial charge is 0.366 e. The van der Waals surface area contributed by atoms with E-state index in [2.05, 4.69) is 5.32 Å². The average Bonchev–Trinajstić information content (AvgIpc) is 2.36. The molecule has 0 spiro atoms. The first kappa shape index (κ1) is 12.1. The van der Waals surface area contributed by atoms with Gasteiger partial charge in [-0.25, -0.2) is 8.78 Å². The van der Waals surface area contributed by atoms with Crippen LogP contribution < -0.4 is 5.32 Å². The lowest BCUT2D eigenvalue weighted by atomic mass is 10.1. The Morgan fingerprint density at radius 2 is 1.61 bits per heavy atom. The molecule has 0 aliphatic rings. The third kappa shape index (κ3) is 2.83. The van der Waals surface area contributed by atoms with Gasteiger partial charge < -0.3 is 5.32 Å². The average molecular weight is 244 g/mol. The highest BCUT2D eigenvalue weighted by Gasteiger charge is 2.12. The first-order valence-corrected chi connectivity index (χ1v) is 5.36. The van der Waals surface area contributed by atoms with Gasteiger partial charge in [-0.2, -0.15) is 5.26 Å². The van der Waals surface area contributed by atoms with Crippen molar-refractivity contribution >= 4 is 5.69 Å². The minimum Gasteiger partial charge on any atom is -0.366 e. The van der Waals surface area contributed by atoms with Crippen molar-refractivity contribution in [1.29, 1.82) is 5.26 Å². The van der Waals surface area contributed by atoms with Gasteiger partial charge in [0.25, 0.3) is 0 Å². The van der Waals surface area contributed by atoms with Crippen molar-refractivity contribution in [2.75, 3.05) is 5.32 Å². The second-order valence-electron chi connectivity index (χ2n) is 3.78. The van der Waals surface area contributed by atoms with Gasteiger partial charge in [-0.15, -0.1) is 0 Å². The highest BCUT2D eigenvalue weighted by molar-refractivity contribution is 5.47. The van der Waals surface area contributed by atoms with Crippen molar-refractivity contribution < 1.29 is 8.78 Å². The number of hydrogen-bond acceptors (Lipinski definition) is 2. The van der Waals surface area contributed by atoms with Gasteiger partial charge in [0, 0.05) is 11.8 Å². The Labute approximate surface area is 103 Å². The van der Waals surface area contributed by atoms with E-state index in [9.17, 15) is 8.78 Å². The fraction of sp³-hybridized carbons (Fsp3) is 0.0714. The van der Waals surface area contributed by atoms with Crippen LogP contribution in [0.1, 0.15) is 11.6 Å². The lowest BCUT2D eigenvalue weighted by Crippen LogP contribution is -2.09. The molecule has 0 aromatic heterocycles. The van der Waals surface area contributed by atoms with Crippen LogP contribution in [0.4, 0.5) is 14.5 Å². The second kappa shape index (κ2) is 5.28. The van der Waals surface area contributed by atoms with Crippen LogP contribution in [0.5, 0.6) is 0 Å². The van der Waals surface area contributed by atoms with E-state index in [0.717, 1.165) is 18.2 Å². The lowest BCUT2D eigenvalue weighted by molar-refractivity contribution is 0.579. The molecular weight excluding hydrogens is 234 g/mol. The SMILES string of the molecule is N#CC(Nc1ccccc1)c1cc(F)cc(F)c1. The summed E-state index contributed by atoms with van der Waals surface area (Å²) in [5.41, 5.74) is 0.979. The van der Waals surface area contributed by atoms with Crippen LogP contribution in [0.15, 0.2) is 48.5 Å². The van der Waals surface area contributed by atoms with Crippen molar-refractivity contribution in [3.8, 4) is 6.07 Å². The first-order valence-electron chi connectivity index (χ1n) is 5.36. The van der Waals surface area contributed by atoms with E-state index in [4.69, 9.17) is 5.26 Å². The maximum atomic E-state index is 13.1. The highest BCUT2D eigenvalue weighted by Crippen LogP contribution is 2.20. The van der Waals surface area contributed by atoms with E-state index < -0.39 is 17.7 Å². The molecule has 0 saturated heterocycles. The number of nitrogens with one attached hydrogen (secondary N) is 1. The molecule has 0 saturated carbocycles. The summed E-state index contributed by atoms with van der Waals surface area (Å²) in [6.07, 6.45) is 0. The zero-order chi connectivity index (χ0) is 13.0. The highest BCUT2D eigenvalue weighted by atomic mass is 19.1. The molecule has 1 unspecified atom stereocenters. The number of nitriles is 1. The number of anilines is 1. The molecular formula is C14H10F2N2. The number of halogens is 2. The molecule has 0 amide bonds. The van der Waals surface area contributed by atoms with Crippen molar-refractivity contribution in [2.45, 2.75) is 6.04 Å². The molecule has 2 aromatic rings. The summed E-state index contributed by atoms with van der Waals surface area (Å²) in [4.78, 5) is 0. The molecule has 1 N–H and O–H groups in total. The Hall–Kier alpha value is -2.41. The summed E-state index contributed by atoms with van der Waals surface area (Å²) in [7, 11) is 0. The molecule has 0 heterocycles. The van der Waals surface area contributed by atoms with Crippen LogP contribution in [0.25, 0.3) is 0 Å². The molecule has 2 nitrogen and oxygen atoms in total. The van der Waals surface area contributed by atoms with Gasteiger partial charge in [-0.05, 0) is 29.8 Å². The van der Waals surface area contributed by atoms with Gasteiger partial charge in [0.1, 0.15) is 17.7 Å². The second-order valence-corrected chi connectivity index (χ2v) is 3.78. The van der Waals surface area contributed by atoms with Crippen LogP contribution in [0, 0.1) is 23.0 Å². The standard InChI is InChI=1S/C14H10F2N2/c15-11-6-10(7-12(16)8-11)14(9-17)18-13-4-2-1-3-5-13/h1-8,14,18H. The van der Waals surface area contributed by atoms with E-state index >= 15 is 0 Å². The Morgan fingerprint density at radius 1 is 1.00 bits per heavy atom. The predicted molar refractivity (Wildman–Crippen MR) is 64.8 cm³/mol. The zero-order valence-corrected chi connectivity index (χ0v) is 9.40. The van der Waals surface area contributed by atoms with Crippen molar-refractivity contribution in [3.05, 3.63) is 65.7 Å². The normalized spacial score (nSPS) is 11.6. The fourth-order valence-electron chi connectivity index (χ4n) is 1.63. The maximum absolute atomic E-state index is 13.1. The minimum atomic E-state index is -0.794. The summed E-state index contributed by atoms with van der Waals surface area (Å²) < 4.78 is 26.2. The van der Waals surface area contributed by atoms with E-state index in [1.807, 2.05) is 24.3 Å². The Bertz CT molecular complexity index is 556. The van der Waals surface area contributed by atoms with E-state index in [-0.39, 0.29) is 5.56 Å². The molecule has 2 aromatic carbocycles. The molecule has 0 radical (unpaired) electrons. The maximum Gasteiger partial charge on any atom is 0.140 e. The fourth-order valence-corrected chi connectivity index (χ4v) is 1.63. The monoisotopic (exact) mass is 244 g/mol. The van der Waals surface area contributed by atoms with E-state index in [0.29, 0.717) is 5.69 Å². The van der Waals surface area contributed by atoms with Gasteiger partial charge >= 0.3 is 0 Å². The summed E-state index contributed by atoms with van der Waals surface area (Å²) in [5.74, 6) is -1.39. The van der Waals surface area contributed by atoms with Gasteiger partial charge in [0.2, 0.25) is 0 Å². The molecule has 4 heteroatoms. The first-order chi connectivity index (χ1) is 8.69. The van der Waals surface area contributed by atoms with Crippen LogP contribution in [0.3, 0.4) is 0 Å². The zero-order valence-electron chi connectivity index (χ0n) is 9.40. The quantitative estimate of drug-likeness (QED) is 0.894. The van der Waals surface area contributed by atoms with Crippen molar-refractivity contribution in [1.82, 2.24) is 0 Å². The third-order valence-corrected chi connectivity index (χ3v) is 2.43.